The summed E-state index contributed by atoms with van der Waals surface area (Å²) in [5, 5.41) is 26.5. The van der Waals surface area contributed by atoms with Crippen LogP contribution >= 0.6 is 0 Å². The number of nitrogens with one attached hydrogen (secondary N) is 5. The minimum atomic E-state index is -1.26. The summed E-state index contributed by atoms with van der Waals surface area (Å²) in [6.07, 6.45) is 1.39. The Kier molecular flexibility index (Phi) is 8.99. The molecule has 0 aromatic carbocycles. The molecule has 0 aliphatic carbocycles. The van der Waals surface area contributed by atoms with Crippen LogP contribution in [-0.2, 0) is 19.2 Å². The fraction of sp³-hybridized carbons (Fsp3) is 0.667. The molecular weight excluding hydrogens is 358 g/mol. The van der Waals surface area contributed by atoms with Crippen molar-refractivity contribution >= 4 is 29.7 Å². The van der Waals surface area contributed by atoms with Gasteiger partial charge in [0, 0.05) is 6.54 Å². The number of hydrogen-bond acceptors (Lipinski definition) is 6. The van der Waals surface area contributed by atoms with E-state index in [1.807, 2.05) is 0 Å². The summed E-state index contributed by atoms with van der Waals surface area (Å²) in [7, 11) is 0. The van der Waals surface area contributed by atoms with Gasteiger partial charge in [0.2, 0.25) is 17.7 Å². The summed E-state index contributed by atoms with van der Waals surface area (Å²) in [4.78, 5) is 47.1. The molecule has 3 amide bonds. The molecule has 12 heteroatoms. The summed E-state index contributed by atoms with van der Waals surface area (Å²) in [5.41, 5.74) is 10.3. The smallest absolute Gasteiger partial charge is 0.326 e. The minimum absolute atomic E-state index is 0.0722. The van der Waals surface area contributed by atoms with Gasteiger partial charge in [-0.2, -0.15) is 0 Å². The Labute approximate surface area is 156 Å². The normalized spacial score (nSPS) is 18.1. The van der Waals surface area contributed by atoms with Crippen molar-refractivity contribution in [3.05, 3.63) is 0 Å². The molecule has 152 valence electrons. The highest BCUT2D eigenvalue weighted by molar-refractivity contribution is 5.94. The van der Waals surface area contributed by atoms with Gasteiger partial charge in [-0.25, -0.2) is 4.79 Å². The molecule has 0 saturated carbocycles. The predicted octanol–water partition coefficient (Wildman–Crippen LogP) is -3.07. The van der Waals surface area contributed by atoms with Crippen LogP contribution in [0, 0.1) is 5.41 Å². The van der Waals surface area contributed by atoms with Crippen molar-refractivity contribution in [1.29, 1.82) is 5.41 Å². The molecule has 27 heavy (non-hydrogen) atoms. The van der Waals surface area contributed by atoms with Crippen LogP contribution in [0.5, 0.6) is 0 Å². The van der Waals surface area contributed by atoms with Crippen LogP contribution in [0.1, 0.15) is 32.1 Å². The van der Waals surface area contributed by atoms with Crippen molar-refractivity contribution in [2.75, 3.05) is 13.1 Å². The molecule has 12 nitrogen and oxygen atoms in total. The number of rotatable bonds is 11. The lowest BCUT2D eigenvalue weighted by molar-refractivity contribution is -0.142. The maximum Gasteiger partial charge on any atom is 0.326 e. The van der Waals surface area contributed by atoms with Crippen LogP contribution in [-0.4, -0.2) is 66.0 Å². The molecule has 1 rings (SSSR count). The fourth-order valence-electron chi connectivity index (χ4n) is 2.65. The number of aliphatic carboxylic acids is 1. The average molecular weight is 385 g/mol. The van der Waals surface area contributed by atoms with Crippen LogP contribution in [0.3, 0.4) is 0 Å². The summed E-state index contributed by atoms with van der Waals surface area (Å²) in [6, 6.07) is -2.93. The monoisotopic (exact) mass is 385 g/mol. The summed E-state index contributed by atoms with van der Waals surface area (Å²) in [5.74, 6) is -3.53. The van der Waals surface area contributed by atoms with E-state index < -0.39 is 48.2 Å². The van der Waals surface area contributed by atoms with E-state index in [4.69, 9.17) is 16.9 Å². The standard InChI is InChI=1S/C15H27N7O5/c16-11(23)7-10(22-12(24)8-3-1-5-19-8)13(25)21-9(14(26)27)4-2-6-20-15(17)18/h8-10,19H,1-7H2,(H2,16,23)(H,21,25)(H,22,24)(H,26,27)(H4,17,18,20)/t8-,9-,10-/m0/s1. The largest absolute Gasteiger partial charge is 0.480 e. The van der Waals surface area contributed by atoms with Crippen LogP contribution < -0.4 is 32.7 Å². The van der Waals surface area contributed by atoms with E-state index in [-0.39, 0.29) is 18.9 Å². The van der Waals surface area contributed by atoms with Gasteiger partial charge in [-0.3, -0.25) is 19.8 Å². The first-order valence-electron chi connectivity index (χ1n) is 8.63. The Hall–Kier alpha value is -2.89. The highest BCUT2D eigenvalue weighted by Crippen LogP contribution is 2.06. The van der Waals surface area contributed by atoms with Crippen molar-refractivity contribution in [2.45, 2.75) is 50.2 Å². The zero-order chi connectivity index (χ0) is 20.4. The SMILES string of the molecule is N=C(N)NCCC[C@H](NC(=O)[C@H](CC(N)=O)NC(=O)[C@@H]1CCCN1)C(=O)O. The van der Waals surface area contributed by atoms with Crippen molar-refractivity contribution in [1.82, 2.24) is 21.3 Å². The molecule has 0 unspecified atom stereocenters. The van der Waals surface area contributed by atoms with Crippen molar-refractivity contribution < 1.29 is 24.3 Å². The third-order valence-electron chi connectivity index (χ3n) is 4.01. The Morgan fingerprint density at radius 1 is 1.19 bits per heavy atom. The Morgan fingerprint density at radius 2 is 1.89 bits per heavy atom. The van der Waals surface area contributed by atoms with Gasteiger partial charge in [0.15, 0.2) is 5.96 Å². The van der Waals surface area contributed by atoms with E-state index in [9.17, 15) is 24.3 Å². The molecule has 0 bridgehead atoms. The Balaban J connectivity index is 2.65. The molecule has 1 fully saturated rings. The summed E-state index contributed by atoms with van der Waals surface area (Å²) in [6.45, 7) is 0.948. The number of hydrogen-bond donors (Lipinski definition) is 8. The first kappa shape index (κ1) is 22.2. The second-order valence-corrected chi connectivity index (χ2v) is 6.26. The van der Waals surface area contributed by atoms with Gasteiger partial charge in [-0.05, 0) is 32.2 Å². The molecule has 0 aromatic heterocycles. The molecular formula is C15H27N7O5. The van der Waals surface area contributed by atoms with Crippen LogP contribution in [0.25, 0.3) is 0 Å². The lowest BCUT2D eigenvalue weighted by Crippen LogP contribution is -2.55. The lowest BCUT2D eigenvalue weighted by Gasteiger charge is -2.22. The van der Waals surface area contributed by atoms with E-state index in [2.05, 4.69) is 21.3 Å². The molecule has 10 N–H and O–H groups in total. The second kappa shape index (κ2) is 11.0. The molecule has 0 radical (unpaired) electrons. The summed E-state index contributed by atoms with van der Waals surface area (Å²) >= 11 is 0. The van der Waals surface area contributed by atoms with E-state index in [0.29, 0.717) is 19.4 Å². The van der Waals surface area contributed by atoms with Gasteiger partial charge >= 0.3 is 5.97 Å². The van der Waals surface area contributed by atoms with Gasteiger partial charge in [0.05, 0.1) is 12.5 Å². The molecule has 0 spiro atoms. The third kappa shape index (κ3) is 8.35. The number of carboxylic acid groups (broad SMARTS) is 1. The highest BCUT2D eigenvalue weighted by atomic mass is 16.4. The molecule has 1 aliphatic rings. The third-order valence-corrected chi connectivity index (χ3v) is 4.01. The zero-order valence-electron chi connectivity index (χ0n) is 14.9. The number of primary amides is 1. The van der Waals surface area contributed by atoms with Gasteiger partial charge in [-0.1, -0.05) is 0 Å². The van der Waals surface area contributed by atoms with E-state index in [1.165, 1.54) is 0 Å². The summed E-state index contributed by atoms with van der Waals surface area (Å²) < 4.78 is 0. The molecule has 0 aromatic rings. The second-order valence-electron chi connectivity index (χ2n) is 6.26. The van der Waals surface area contributed by atoms with E-state index in [1.54, 1.807) is 0 Å². The number of nitrogens with two attached hydrogens (primary N) is 2. The highest BCUT2D eigenvalue weighted by Gasteiger charge is 2.30. The first-order chi connectivity index (χ1) is 12.7. The molecule has 3 atom stereocenters. The number of carbonyl (C=O) groups is 4. The maximum atomic E-state index is 12.4. The average Bonchev–Trinajstić information content (AvgIpc) is 3.10. The number of amides is 3. The van der Waals surface area contributed by atoms with E-state index >= 15 is 0 Å². The number of carbonyl (C=O) groups excluding carboxylic acids is 3. The van der Waals surface area contributed by atoms with Gasteiger partial charge in [0.1, 0.15) is 12.1 Å². The zero-order valence-corrected chi connectivity index (χ0v) is 14.9. The van der Waals surface area contributed by atoms with Crippen LogP contribution in [0.15, 0.2) is 0 Å². The lowest BCUT2D eigenvalue weighted by atomic mass is 10.1. The van der Waals surface area contributed by atoms with Crippen LogP contribution in [0.2, 0.25) is 0 Å². The predicted molar refractivity (Wildman–Crippen MR) is 95.5 cm³/mol. The molecule has 1 heterocycles. The molecule has 1 saturated heterocycles. The maximum absolute atomic E-state index is 12.4. The Morgan fingerprint density at radius 3 is 2.41 bits per heavy atom. The number of carboxylic acids is 1. The van der Waals surface area contributed by atoms with Gasteiger partial charge in [0.25, 0.3) is 0 Å². The van der Waals surface area contributed by atoms with Crippen molar-refractivity contribution in [3.63, 3.8) is 0 Å². The minimum Gasteiger partial charge on any atom is -0.480 e. The quantitative estimate of drug-likeness (QED) is 0.103. The topological polar surface area (TPSA) is 213 Å². The van der Waals surface area contributed by atoms with Gasteiger partial charge in [-0.15, -0.1) is 0 Å². The number of guanidine groups is 1. The van der Waals surface area contributed by atoms with Crippen LogP contribution in [0.4, 0.5) is 0 Å². The van der Waals surface area contributed by atoms with Crippen molar-refractivity contribution in [3.8, 4) is 0 Å². The van der Waals surface area contributed by atoms with E-state index in [0.717, 1.165) is 6.42 Å². The Bertz CT molecular complexity index is 577. The van der Waals surface area contributed by atoms with Crippen molar-refractivity contribution in [2.24, 2.45) is 11.5 Å². The fourth-order valence-corrected chi connectivity index (χ4v) is 2.65. The van der Waals surface area contributed by atoms with Gasteiger partial charge < -0.3 is 37.8 Å². The molecule has 1 aliphatic heterocycles. The first-order valence-corrected chi connectivity index (χ1v) is 8.63.